The Morgan fingerprint density at radius 3 is 2.78 bits per heavy atom. The Hall–Kier alpha value is -2.89. The number of nitrogens with one attached hydrogen (secondary N) is 3. The van der Waals surface area contributed by atoms with E-state index in [1.54, 1.807) is 6.07 Å². The normalized spacial score (nSPS) is 16.3. The zero-order valence-electron chi connectivity index (χ0n) is 12.6. The van der Waals surface area contributed by atoms with Crippen LogP contribution in [0.4, 0.5) is 0 Å². The fourth-order valence-electron chi connectivity index (χ4n) is 2.54. The molecule has 0 saturated carbocycles. The van der Waals surface area contributed by atoms with Crippen LogP contribution in [0.15, 0.2) is 48.6 Å². The molecule has 2 amide bonds. The Labute approximate surface area is 134 Å². The minimum atomic E-state index is -0.421. The number of H-pyrrole nitrogens is 1. The summed E-state index contributed by atoms with van der Waals surface area (Å²) in [5.74, 6) is -0.351. The van der Waals surface area contributed by atoms with Crippen LogP contribution in [0.5, 0.6) is 0 Å². The summed E-state index contributed by atoms with van der Waals surface area (Å²) in [5.41, 5.74) is 6.73. The van der Waals surface area contributed by atoms with Crippen LogP contribution in [-0.4, -0.2) is 22.0 Å². The highest BCUT2D eigenvalue weighted by atomic mass is 16.2. The molecule has 6 nitrogen and oxygen atoms in total. The second kappa shape index (κ2) is 6.91. The van der Waals surface area contributed by atoms with Crippen molar-refractivity contribution in [1.29, 1.82) is 0 Å². The third kappa shape index (κ3) is 3.85. The highest BCUT2D eigenvalue weighted by molar-refractivity contribution is 5.94. The SMILES string of the molecule is O=C(C[C@@H]1C=CCC1)NNC(=O)c1cc(-c2ccccc2)n[nH]1. The lowest BCUT2D eigenvalue weighted by Gasteiger charge is -2.09. The number of hydrogen-bond acceptors (Lipinski definition) is 3. The van der Waals surface area contributed by atoms with Gasteiger partial charge in [0.15, 0.2) is 0 Å². The molecule has 3 N–H and O–H groups in total. The van der Waals surface area contributed by atoms with Crippen molar-refractivity contribution in [3.05, 3.63) is 54.2 Å². The van der Waals surface area contributed by atoms with Crippen LogP contribution in [0.3, 0.4) is 0 Å². The number of aromatic amines is 1. The van der Waals surface area contributed by atoms with Crippen LogP contribution in [-0.2, 0) is 4.79 Å². The van der Waals surface area contributed by atoms with E-state index < -0.39 is 5.91 Å². The van der Waals surface area contributed by atoms with Crippen molar-refractivity contribution < 1.29 is 9.59 Å². The van der Waals surface area contributed by atoms with Crippen LogP contribution < -0.4 is 10.9 Å². The summed E-state index contributed by atoms with van der Waals surface area (Å²) in [7, 11) is 0. The van der Waals surface area contributed by atoms with Crippen molar-refractivity contribution in [2.45, 2.75) is 19.3 Å². The van der Waals surface area contributed by atoms with Gasteiger partial charge in [-0.25, -0.2) is 0 Å². The van der Waals surface area contributed by atoms with E-state index in [0.717, 1.165) is 18.4 Å². The van der Waals surface area contributed by atoms with E-state index in [9.17, 15) is 9.59 Å². The Morgan fingerprint density at radius 2 is 2.04 bits per heavy atom. The van der Waals surface area contributed by atoms with Gasteiger partial charge < -0.3 is 0 Å². The zero-order valence-corrected chi connectivity index (χ0v) is 12.6. The van der Waals surface area contributed by atoms with Crippen molar-refractivity contribution in [1.82, 2.24) is 21.0 Å². The summed E-state index contributed by atoms with van der Waals surface area (Å²) in [6.07, 6.45) is 6.51. The van der Waals surface area contributed by atoms with E-state index in [2.05, 4.69) is 27.1 Å². The molecular formula is C17H18N4O2. The van der Waals surface area contributed by atoms with Gasteiger partial charge in [0.1, 0.15) is 5.69 Å². The van der Waals surface area contributed by atoms with E-state index in [0.29, 0.717) is 17.8 Å². The summed E-state index contributed by atoms with van der Waals surface area (Å²) < 4.78 is 0. The molecule has 0 unspecified atom stereocenters. The number of benzene rings is 1. The molecule has 118 valence electrons. The zero-order chi connectivity index (χ0) is 16.1. The number of allylic oxidation sites excluding steroid dienone is 2. The van der Waals surface area contributed by atoms with Gasteiger partial charge in [-0.05, 0) is 24.8 Å². The molecule has 6 heteroatoms. The monoisotopic (exact) mass is 310 g/mol. The fraction of sp³-hybridized carbons (Fsp3) is 0.235. The smallest absolute Gasteiger partial charge is 0.273 e. The lowest BCUT2D eigenvalue weighted by atomic mass is 10.1. The van der Waals surface area contributed by atoms with Crippen LogP contribution in [0.2, 0.25) is 0 Å². The van der Waals surface area contributed by atoms with Gasteiger partial charge in [-0.1, -0.05) is 42.5 Å². The largest absolute Gasteiger partial charge is 0.287 e. The topological polar surface area (TPSA) is 86.9 Å². The standard InChI is InChI=1S/C17H18N4O2/c22-16(10-12-6-4-5-7-12)20-21-17(23)15-11-14(18-19-15)13-8-2-1-3-9-13/h1-4,6,8-9,11-12H,5,7,10H2,(H,18,19)(H,20,22)(H,21,23)/t12-/m1/s1. The molecule has 1 aromatic carbocycles. The van der Waals surface area contributed by atoms with Gasteiger partial charge in [0.25, 0.3) is 5.91 Å². The third-order valence-electron chi connectivity index (χ3n) is 3.77. The summed E-state index contributed by atoms with van der Waals surface area (Å²) in [6, 6.07) is 11.2. The van der Waals surface area contributed by atoms with Crippen molar-refractivity contribution in [2.75, 3.05) is 0 Å². The molecular weight excluding hydrogens is 292 g/mol. The lowest BCUT2D eigenvalue weighted by molar-refractivity contribution is -0.122. The fourth-order valence-corrected chi connectivity index (χ4v) is 2.54. The van der Waals surface area contributed by atoms with Gasteiger partial charge in [0.05, 0.1) is 5.69 Å². The average molecular weight is 310 g/mol. The minimum absolute atomic E-state index is 0.197. The van der Waals surface area contributed by atoms with Crippen LogP contribution in [0.25, 0.3) is 11.3 Å². The van der Waals surface area contributed by atoms with Gasteiger partial charge in [0, 0.05) is 12.0 Å². The van der Waals surface area contributed by atoms with Crippen LogP contribution in [0, 0.1) is 5.92 Å². The predicted molar refractivity (Wildman–Crippen MR) is 86.1 cm³/mol. The van der Waals surface area contributed by atoms with Crippen molar-refractivity contribution in [3.8, 4) is 11.3 Å². The molecule has 1 heterocycles. The molecule has 1 aliphatic carbocycles. The number of hydrazine groups is 1. The first-order valence-electron chi connectivity index (χ1n) is 7.59. The molecule has 23 heavy (non-hydrogen) atoms. The first-order chi connectivity index (χ1) is 11.2. The molecule has 0 radical (unpaired) electrons. The predicted octanol–water partition coefficient (Wildman–Crippen LogP) is 2.19. The number of amides is 2. The number of hydrogen-bond donors (Lipinski definition) is 3. The van der Waals surface area contributed by atoms with E-state index in [-0.39, 0.29) is 11.8 Å². The van der Waals surface area contributed by atoms with E-state index in [1.807, 2.05) is 36.4 Å². The van der Waals surface area contributed by atoms with Crippen molar-refractivity contribution >= 4 is 11.8 Å². The third-order valence-corrected chi connectivity index (χ3v) is 3.77. The number of nitrogens with zero attached hydrogens (tertiary/aromatic N) is 1. The number of rotatable bonds is 4. The second-order valence-corrected chi connectivity index (χ2v) is 5.50. The van der Waals surface area contributed by atoms with E-state index in [4.69, 9.17) is 0 Å². The Balaban J connectivity index is 1.53. The molecule has 0 spiro atoms. The van der Waals surface area contributed by atoms with Crippen molar-refractivity contribution in [3.63, 3.8) is 0 Å². The Bertz CT molecular complexity index is 721. The van der Waals surface area contributed by atoms with Gasteiger partial charge in [0.2, 0.25) is 5.91 Å². The van der Waals surface area contributed by atoms with Gasteiger partial charge in [-0.3, -0.25) is 25.5 Å². The van der Waals surface area contributed by atoms with E-state index >= 15 is 0 Å². The quantitative estimate of drug-likeness (QED) is 0.597. The summed E-state index contributed by atoms with van der Waals surface area (Å²) in [6.45, 7) is 0. The first-order valence-corrected chi connectivity index (χ1v) is 7.59. The minimum Gasteiger partial charge on any atom is -0.273 e. The highest BCUT2D eigenvalue weighted by Gasteiger charge is 2.15. The Morgan fingerprint density at radius 1 is 1.22 bits per heavy atom. The maximum atomic E-state index is 12.0. The van der Waals surface area contributed by atoms with Gasteiger partial charge in [-0.2, -0.15) is 5.10 Å². The van der Waals surface area contributed by atoms with Gasteiger partial charge >= 0.3 is 0 Å². The lowest BCUT2D eigenvalue weighted by Crippen LogP contribution is -2.42. The average Bonchev–Trinajstić information content (AvgIpc) is 3.25. The highest BCUT2D eigenvalue weighted by Crippen LogP contribution is 2.20. The molecule has 0 fully saturated rings. The van der Waals surface area contributed by atoms with Crippen molar-refractivity contribution in [2.24, 2.45) is 5.92 Å². The summed E-state index contributed by atoms with van der Waals surface area (Å²) in [5, 5.41) is 6.79. The second-order valence-electron chi connectivity index (χ2n) is 5.50. The molecule has 1 aliphatic rings. The summed E-state index contributed by atoms with van der Waals surface area (Å²) in [4.78, 5) is 23.8. The van der Waals surface area contributed by atoms with Crippen LogP contribution in [0.1, 0.15) is 29.8 Å². The maximum Gasteiger partial charge on any atom is 0.287 e. The first kappa shape index (κ1) is 15.0. The number of aromatic nitrogens is 2. The summed E-state index contributed by atoms with van der Waals surface area (Å²) >= 11 is 0. The van der Waals surface area contributed by atoms with Gasteiger partial charge in [-0.15, -0.1) is 0 Å². The molecule has 1 aromatic heterocycles. The molecule has 3 rings (SSSR count). The van der Waals surface area contributed by atoms with Crippen LogP contribution >= 0.6 is 0 Å². The number of carbonyl (C=O) groups is 2. The molecule has 1 atom stereocenters. The maximum absolute atomic E-state index is 12.0. The Kier molecular flexibility index (Phi) is 4.52. The molecule has 0 saturated heterocycles. The molecule has 0 aliphatic heterocycles. The molecule has 0 bridgehead atoms. The number of carbonyl (C=O) groups excluding carboxylic acids is 2. The van der Waals surface area contributed by atoms with E-state index in [1.165, 1.54) is 0 Å². The molecule has 2 aromatic rings.